The van der Waals surface area contributed by atoms with Crippen LogP contribution < -0.4 is 4.90 Å². The first-order valence-electron chi connectivity index (χ1n) is 11.1. The Morgan fingerprint density at radius 3 is 2.64 bits per heavy atom. The summed E-state index contributed by atoms with van der Waals surface area (Å²) in [6.45, 7) is 6.84. The van der Waals surface area contributed by atoms with Crippen LogP contribution in [0.15, 0.2) is 60.7 Å². The highest BCUT2D eigenvalue weighted by Crippen LogP contribution is 2.31. The van der Waals surface area contributed by atoms with Crippen LogP contribution in [-0.4, -0.2) is 55.2 Å². The lowest BCUT2D eigenvalue weighted by Gasteiger charge is -2.29. The molecule has 1 saturated heterocycles. The molecule has 0 bridgehead atoms. The van der Waals surface area contributed by atoms with Gasteiger partial charge in [-0.25, -0.2) is 4.98 Å². The van der Waals surface area contributed by atoms with Crippen LogP contribution in [0.1, 0.15) is 11.1 Å². The van der Waals surface area contributed by atoms with Crippen molar-refractivity contribution >= 4 is 55.8 Å². The molecule has 1 fully saturated rings. The van der Waals surface area contributed by atoms with E-state index in [0.717, 1.165) is 70.1 Å². The van der Waals surface area contributed by atoms with Crippen LogP contribution in [-0.2, 0) is 16.0 Å². The summed E-state index contributed by atoms with van der Waals surface area (Å²) < 4.78 is 6.60. The molecule has 2 heterocycles. The second-order valence-electron chi connectivity index (χ2n) is 8.23. The molecule has 5 rings (SSSR count). The Kier molecular flexibility index (Phi) is 7.60. The molecule has 0 N–H and O–H groups in total. The van der Waals surface area contributed by atoms with E-state index in [1.807, 2.05) is 23.1 Å². The smallest absolute Gasteiger partial charge is 0.233 e. The number of carbonyl (C=O) groups excluding carboxylic acids is 1. The zero-order valence-electron chi connectivity index (χ0n) is 18.7. The number of para-hydroxylation sites is 1. The van der Waals surface area contributed by atoms with Gasteiger partial charge in [-0.15, -0.1) is 12.4 Å². The second-order valence-corrected chi connectivity index (χ2v) is 9.24. The number of hydrogen-bond donors (Lipinski definition) is 0. The molecular weight excluding hydrogens is 454 g/mol. The Hall–Kier alpha value is -2.51. The van der Waals surface area contributed by atoms with Gasteiger partial charge in [0.25, 0.3) is 0 Å². The molecule has 0 aliphatic carbocycles. The van der Waals surface area contributed by atoms with E-state index in [-0.39, 0.29) is 18.3 Å². The van der Waals surface area contributed by atoms with E-state index in [1.165, 1.54) is 0 Å². The first-order valence-corrected chi connectivity index (χ1v) is 11.9. The van der Waals surface area contributed by atoms with E-state index in [0.29, 0.717) is 13.0 Å². The van der Waals surface area contributed by atoms with E-state index in [9.17, 15) is 4.79 Å². The number of carbonyl (C=O) groups is 1. The molecule has 7 heteroatoms. The van der Waals surface area contributed by atoms with Crippen molar-refractivity contribution in [1.82, 2.24) is 9.88 Å². The Morgan fingerprint density at radius 1 is 1.06 bits per heavy atom. The Morgan fingerprint density at radius 2 is 1.82 bits per heavy atom. The molecule has 1 aliphatic rings. The number of rotatable bonds is 6. The van der Waals surface area contributed by atoms with Gasteiger partial charge in [-0.2, -0.15) is 0 Å². The van der Waals surface area contributed by atoms with Gasteiger partial charge in [0.2, 0.25) is 5.91 Å². The van der Waals surface area contributed by atoms with Gasteiger partial charge < -0.3 is 4.74 Å². The average molecular weight is 482 g/mol. The molecule has 0 unspecified atom stereocenters. The molecule has 3 aromatic carbocycles. The van der Waals surface area contributed by atoms with Crippen LogP contribution >= 0.6 is 23.7 Å². The maximum Gasteiger partial charge on any atom is 0.233 e. The lowest BCUT2D eigenvalue weighted by Crippen LogP contribution is -2.43. The number of amides is 1. The van der Waals surface area contributed by atoms with Crippen molar-refractivity contribution in [3.63, 3.8) is 0 Å². The van der Waals surface area contributed by atoms with E-state index in [4.69, 9.17) is 9.72 Å². The van der Waals surface area contributed by atoms with Gasteiger partial charge in [0.1, 0.15) is 0 Å². The summed E-state index contributed by atoms with van der Waals surface area (Å²) >= 11 is 1.60. The number of hydrogen-bond acceptors (Lipinski definition) is 5. The highest BCUT2D eigenvalue weighted by molar-refractivity contribution is 7.22. The van der Waals surface area contributed by atoms with E-state index < -0.39 is 0 Å². The molecular formula is C26H28ClN3O2S. The van der Waals surface area contributed by atoms with Gasteiger partial charge in [-0.05, 0) is 34.9 Å². The quantitative estimate of drug-likeness (QED) is 0.385. The summed E-state index contributed by atoms with van der Waals surface area (Å²) in [5.41, 5.74) is 3.18. The van der Waals surface area contributed by atoms with Crippen molar-refractivity contribution in [2.24, 2.45) is 0 Å². The third kappa shape index (κ3) is 5.20. The van der Waals surface area contributed by atoms with Crippen molar-refractivity contribution in [2.75, 3.05) is 44.3 Å². The van der Waals surface area contributed by atoms with Crippen molar-refractivity contribution in [1.29, 1.82) is 0 Å². The number of halogens is 1. The van der Waals surface area contributed by atoms with E-state index in [1.54, 1.807) is 11.3 Å². The molecule has 1 amide bonds. The van der Waals surface area contributed by atoms with Crippen LogP contribution in [0.4, 0.5) is 5.13 Å². The lowest BCUT2D eigenvalue weighted by atomic mass is 10.0. The number of anilines is 1. The Labute approximate surface area is 204 Å². The highest BCUT2D eigenvalue weighted by Gasteiger charge is 2.22. The number of benzene rings is 3. The Bertz CT molecular complexity index is 1250. The largest absolute Gasteiger partial charge is 0.379 e. The molecule has 33 heavy (non-hydrogen) atoms. The first kappa shape index (κ1) is 23.6. The Balaban J connectivity index is 0.00000259. The maximum atomic E-state index is 13.6. The minimum atomic E-state index is 0. The number of ether oxygens (including phenoxy) is 1. The van der Waals surface area contributed by atoms with Crippen molar-refractivity contribution in [3.05, 3.63) is 71.8 Å². The van der Waals surface area contributed by atoms with Gasteiger partial charge >= 0.3 is 0 Å². The summed E-state index contributed by atoms with van der Waals surface area (Å²) in [6.07, 6.45) is 0.360. The molecule has 0 atom stereocenters. The monoisotopic (exact) mass is 481 g/mol. The topological polar surface area (TPSA) is 45.7 Å². The fraction of sp³-hybridized carbons (Fsp3) is 0.308. The van der Waals surface area contributed by atoms with Crippen LogP contribution in [0.5, 0.6) is 0 Å². The molecule has 1 aliphatic heterocycles. The van der Waals surface area contributed by atoms with Crippen LogP contribution in [0.25, 0.3) is 21.0 Å². The van der Waals surface area contributed by atoms with Crippen LogP contribution in [0.2, 0.25) is 0 Å². The fourth-order valence-electron chi connectivity index (χ4n) is 4.29. The number of nitrogens with zero attached hydrogens (tertiary/aromatic N) is 3. The highest BCUT2D eigenvalue weighted by atomic mass is 35.5. The standard InChI is InChI=1S/C26H27N3O2S.ClH/c1-19-6-4-11-23-25(19)27-26(32-23)29(13-12-28-14-16-31-17-15-28)24(30)18-21-9-5-8-20-7-2-3-10-22(20)21;/h2-11H,12-18H2,1H3;1H. The SMILES string of the molecule is Cc1cccc2sc(N(CCN3CCOCC3)C(=O)Cc3cccc4ccccc34)nc12.Cl. The molecule has 5 nitrogen and oxygen atoms in total. The van der Waals surface area contributed by atoms with Gasteiger partial charge in [0.15, 0.2) is 5.13 Å². The summed E-state index contributed by atoms with van der Waals surface area (Å²) in [5.74, 6) is 0.0892. The zero-order valence-corrected chi connectivity index (χ0v) is 20.3. The average Bonchev–Trinajstić information content (AvgIpc) is 3.25. The van der Waals surface area contributed by atoms with Crippen molar-refractivity contribution in [2.45, 2.75) is 13.3 Å². The molecule has 0 spiro atoms. The second kappa shape index (κ2) is 10.6. The van der Waals surface area contributed by atoms with Crippen molar-refractivity contribution < 1.29 is 9.53 Å². The third-order valence-corrected chi connectivity index (χ3v) is 7.15. The van der Waals surface area contributed by atoms with Gasteiger partial charge in [-0.3, -0.25) is 14.6 Å². The van der Waals surface area contributed by atoms with Gasteiger partial charge in [-0.1, -0.05) is 65.9 Å². The number of thiazole rings is 1. The number of aryl methyl sites for hydroxylation is 1. The summed E-state index contributed by atoms with van der Waals surface area (Å²) in [7, 11) is 0. The predicted octanol–water partition coefficient (Wildman–Crippen LogP) is 5.09. The number of aromatic nitrogens is 1. The molecule has 4 aromatic rings. The normalized spacial score (nSPS) is 14.3. The number of fused-ring (bicyclic) bond motifs is 2. The summed E-state index contributed by atoms with van der Waals surface area (Å²) in [6, 6.07) is 20.6. The van der Waals surface area contributed by atoms with Crippen LogP contribution in [0.3, 0.4) is 0 Å². The van der Waals surface area contributed by atoms with Crippen LogP contribution in [0, 0.1) is 6.92 Å². The van der Waals surface area contributed by atoms with Crippen molar-refractivity contribution in [3.8, 4) is 0 Å². The lowest BCUT2D eigenvalue weighted by molar-refractivity contribution is -0.118. The first-order chi connectivity index (χ1) is 15.7. The predicted molar refractivity (Wildman–Crippen MR) is 139 cm³/mol. The minimum absolute atomic E-state index is 0. The molecule has 0 radical (unpaired) electrons. The third-order valence-electron chi connectivity index (χ3n) is 6.11. The minimum Gasteiger partial charge on any atom is -0.379 e. The maximum absolute atomic E-state index is 13.6. The molecule has 1 aromatic heterocycles. The summed E-state index contributed by atoms with van der Waals surface area (Å²) in [5, 5.41) is 3.08. The zero-order chi connectivity index (χ0) is 21.9. The summed E-state index contributed by atoms with van der Waals surface area (Å²) in [4.78, 5) is 22.8. The molecule has 0 saturated carbocycles. The van der Waals surface area contributed by atoms with Gasteiger partial charge in [0, 0.05) is 26.2 Å². The van der Waals surface area contributed by atoms with Gasteiger partial charge in [0.05, 0.1) is 29.9 Å². The number of morpholine rings is 1. The van der Waals surface area contributed by atoms with E-state index >= 15 is 0 Å². The van der Waals surface area contributed by atoms with E-state index in [2.05, 4.69) is 54.3 Å². The fourth-order valence-corrected chi connectivity index (χ4v) is 5.37. The molecule has 172 valence electrons.